The Morgan fingerprint density at radius 1 is 1.13 bits per heavy atom. The van der Waals surface area contributed by atoms with Crippen molar-refractivity contribution in [1.82, 2.24) is 0 Å². The lowest BCUT2D eigenvalue weighted by Gasteiger charge is -2.00. The Labute approximate surface area is 87.7 Å². The highest BCUT2D eigenvalue weighted by atomic mass is 16.6. The second-order valence-electron chi connectivity index (χ2n) is 2.74. The monoisotopic (exact) mass is 202 g/mol. The van der Waals surface area contributed by atoms with Gasteiger partial charge >= 0.3 is 11.9 Å². The summed E-state index contributed by atoms with van der Waals surface area (Å²) >= 11 is 0. The standard InChI is InChI=1S/C12H10O3/c1-3-9-5-7-10(8-6-9)12(14)15-11(13)4-2/h3-8H,1-2H2. The number of hydrogen-bond acceptors (Lipinski definition) is 3. The molecule has 0 saturated heterocycles. The Hall–Kier alpha value is -2.16. The van der Waals surface area contributed by atoms with Gasteiger partial charge in [0.1, 0.15) is 0 Å². The van der Waals surface area contributed by atoms with Crippen LogP contribution in [0.2, 0.25) is 0 Å². The first-order valence-electron chi connectivity index (χ1n) is 4.28. The van der Waals surface area contributed by atoms with Gasteiger partial charge in [-0.25, -0.2) is 9.59 Å². The molecule has 0 amide bonds. The molecule has 0 bridgehead atoms. The summed E-state index contributed by atoms with van der Waals surface area (Å²) in [6.07, 6.45) is 2.60. The molecule has 0 atom stereocenters. The zero-order valence-corrected chi connectivity index (χ0v) is 8.10. The Kier molecular flexibility index (Phi) is 3.57. The molecule has 0 N–H and O–H groups in total. The SMILES string of the molecule is C=CC(=O)OC(=O)c1ccc(C=C)cc1. The van der Waals surface area contributed by atoms with Gasteiger partial charge in [0, 0.05) is 6.08 Å². The van der Waals surface area contributed by atoms with Crippen molar-refractivity contribution in [2.45, 2.75) is 0 Å². The Balaban J connectivity index is 2.78. The van der Waals surface area contributed by atoms with E-state index in [4.69, 9.17) is 0 Å². The molecule has 1 rings (SSSR count). The fourth-order valence-corrected chi connectivity index (χ4v) is 0.947. The fourth-order valence-electron chi connectivity index (χ4n) is 0.947. The second-order valence-corrected chi connectivity index (χ2v) is 2.74. The predicted molar refractivity (Wildman–Crippen MR) is 57.2 cm³/mol. The van der Waals surface area contributed by atoms with Gasteiger partial charge in [0.15, 0.2) is 0 Å². The van der Waals surface area contributed by atoms with Gasteiger partial charge in [0.05, 0.1) is 5.56 Å². The van der Waals surface area contributed by atoms with Crippen LogP contribution in [0.4, 0.5) is 0 Å². The van der Waals surface area contributed by atoms with Crippen LogP contribution in [0.1, 0.15) is 15.9 Å². The van der Waals surface area contributed by atoms with E-state index in [0.717, 1.165) is 11.6 Å². The second kappa shape index (κ2) is 4.91. The number of ether oxygens (including phenoxy) is 1. The third kappa shape index (κ3) is 2.91. The van der Waals surface area contributed by atoms with Crippen molar-refractivity contribution in [1.29, 1.82) is 0 Å². The smallest absolute Gasteiger partial charge is 0.346 e. The van der Waals surface area contributed by atoms with Crippen molar-refractivity contribution >= 4 is 18.0 Å². The number of carbonyl (C=O) groups is 2. The van der Waals surface area contributed by atoms with Gasteiger partial charge in [-0.05, 0) is 17.7 Å². The van der Waals surface area contributed by atoms with E-state index in [0.29, 0.717) is 5.56 Å². The summed E-state index contributed by atoms with van der Waals surface area (Å²) in [6.45, 7) is 6.78. The van der Waals surface area contributed by atoms with Crippen LogP contribution in [-0.2, 0) is 9.53 Å². The van der Waals surface area contributed by atoms with Crippen molar-refractivity contribution in [2.24, 2.45) is 0 Å². The van der Waals surface area contributed by atoms with Crippen molar-refractivity contribution in [3.8, 4) is 0 Å². The molecule has 0 radical (unpaired) electrons. The van der Waals surface area contributed by atoms with Gasteiger partial charge in [0.2, 0.25) is 0 Å². The van der Waals surface area contributed by atoms with Crippen molar-refractivity contribution < 1.29 is 14.3 Å². The molecule has 0 unspecified atom stereocenters. The summed E-state index contributed by atoms with van der Waals surface area (Å²) < 4.78 is 4.44. The van der Waals surface area contributed by atoms with E-state index in [1.807, 2.05) is 0 Å². The minimum Gasteiger partial charge on any atom is -0.386 e. The summed E-state index contributed by atoms with van der Waals surface area (Å²) in [7, 11) is 0. The lowest BCUT2D eigenvalue weighted by molar-refractivity contribution is -0.132. The molecule has 0 aliphatic rings. The molecule has 15 heavy (non-hydrogen) atoms. The molecule has 0 aromatic heterocycles. The minimum atomic E-state index is -0.757. The average molecular weight is 202 g/mol. The maximum atomic E-state index is 11.3. The summed E-state index contributed by atoms with van der Waals surface area (Å²) in [6, 6.07) is 6.55. The summed E-state index contributed by atoms with van der Waals surface area (Å²) in [5.74, 6) is -1.44. The van der Waals surface area contributed by atoms with E-state index in [2.05, 4.69) is 17.9 Å². The molecule has 3 nitrogen and oxygen atoms in total. The van der Waals surface area contributed by atoms with Gasteiger partial charge in [-0.2, -0.15) is 0 Å². The Bertz CT molecular complexity index is 401. The lowest BCUT2D eigenvalue weighted by Crippen LogP contribution is -2.09. The zero-order chi connectivity index (χ0) is 11.3. The minimum absolute atomic E-state index is 0.316. The van der Waals surface area contributed by atoms with E-state index in [1.54, 1.807) is 30.3 Å². The maximum absolute atomic E-state index is 11.3. The van der Waals surface area contributed by atoms with Crippen LogP contribution in [0.3, 0.4) is 0 Å². The first-order chi connectivity index (χ1) is 7.17. The Morgan fingerprint density at radius 2 is 1.73 bits per heavy atom. The fraction of sp³-hybridized carbons (Fsp3) is 0. The first kappa shape index (κ1) is 10.9. The molecular formula is C12H10O3. The van der Waals surface area contributed by atoms with Crippen LogP contribution in [0.5, 0.6) is 0 Å². The van der Waals surface area contributed by atoms with Gasteiger partial charge in [-0.15, -0.1) is 0 Å². The van der Waals surface area contributed by atoms with Crippen LogP contribution >= 0.6 is 0 Å². The molecule has 0 fully saturated rings. The first-order valence-corrected chi connectivity index (χ1v) is 4.28. The molecule has 0 aliphatic carbocycles. The Morgan fingerprint density at radius 3 is 2.20 bits per heavy atom. The largest absolute Gasteiger partial charge is 0.386 e. The summed E-state index contributed by atoms with van der Waals surface area (Å²) in [5.41, 5.74) is 1.21. The van der Waals surface area contributed by atoms with Crippen molar-refractivity contribution in [2.75, 3.05) is 0 Å². The highest BCUT2D eigenvalue weighted by molar-refractivity contribution is 5.99. The van der Waals surface area contributed by atoms with Crippen LogP contribution in [0.25, 0.3) is 6.08 Å². The number of benzene rings is 1. The molecule has 3 heteroatoms. The van der Waals surface area contributed by atoms with Crippen LogP contribution < -0.4 is 0 Å². The maximum Gasteiger partial charge on any atom is 0.346 e. The van der Waals surface area contributed by atoms with E-state index in [1.165, 1.54) is 0 Å². The zero-order valence-electron chi connectivity index (χ0n) is 8.10. The molecule has 1 aromatic rings. The van der Waals surface area contributed by atoms with Crippen molar-refractivity contribution in [3.63, 3.8) is 0 Å². The average Bonchev–Trinajstić information content (AvgIpc) is 2.29. The van der Waals surface area contributed by atoms with E-state index in [-0.39, 0.29) is 0 Å². The van der Waals surface area contributed by atoms with Crippen molar-refractivity contribution in [3.05, 3.63) is 54.6 Å². The molecule has 0 aliphatic heterocycles. The molecule has 1 aromatic carbocycles. The number of hydrogen-bond donors (Lipinski definition) is 0. The molecular weight excluding hydrogens is 192 g/mol. The van der Waals surface area contributed by atoms with Gasteiger partial charge in [-0.1, -0.05) is 31.4 Å². The molecule has 0 spiro atoms. The van der Waals surface area contributed by atoms with Gasteiger partial charge < -0.3 is 4.74 Å². The topological polar surface area (TPSA) is 43.4 Å². The lowest BCUT2D eigenvalue weighted by atomic mass is 10.1. The highest BCUT2D eigenvalue weighted by Gasteiger charge is 2.09. The molecule has 76 valence electrons. The van der Waals surface area contributed by atoms with Gasteiger partial charge in [-0.3, -0.25) is 0 Å². The third-order valence-corrected chi connectivity index (χ3v) is 1.74. The quantitative estimate of drug-likeness (QED) is 0.428. The summed E-state index contributed by atoms with van der Waals surface area (Å²) in [4.78, 5) is 22.0. The number of carbonyl (C=O) groups excluding carboxylic acids is 2. The van der Waals surface area contributed by atoms with E-state index < -0.39 is 11.9 Å². The van der Waals surface area contributed by atoms with Crippen LogP contribution in [0.15, 0.2) is 43.5 Å². The highest BCUT2D eigenvalue weighted by Crippen LogP contribution is 2.06. The molecule has 0 heterocycles. The van der Waals surface area contributed by atoms with E-state index >= 15 is 0 Å². The number of rotatable bonds is 3. The normalized spacial score (nSPS) is 9.07. The van der Waals surface area contributed by atoms with E-state index in [9.17, 15) is 9.59 Å². The summed E-state index contributed by atoms with van der Waals surface area (Å²) in [5, 5.41) is 0. The number of esters is 2. The predicted octanol–water partition coefficient (Wildman–Crippen LogP) is 2.20. The third-order valence-electron chi connectivity index (χ3n) is 1.74. The van der Waals surface area contributed by atoms with Crippen LogP contribution in [0, 0.1) is 0 Å². The van der Waals surface area contributed by atoms with Crippen LogP contribution in [-0.4, -0.2) is 11.9 Å². The molecule has 0 saturated carbocycles. The van der Waals surface area contributed by atoms with Gasteiger partial charge in [0.25, 0.3) is 0 Å².